The van der Waals surface area contributed by atoms with Crippen molar-refractivity contribution in [3.8, 4) is 0 Å². The van der Waals surface area contributed by atoms with Crippen molar-refractivity contribution >= 4 is 21.6 Å². The molecular formula is C23H37N3O3S. The predicted octanol–water partition coefficient (Wildman–Crippen LogP) is 3.65. The van der Waals surface area contributed by atoms with E-state index in [0.717, 1.165) is 24.2 Å². The summed E-state index contributed by atoms with van der Waals surface area (Å²) in [5.41, 5.74) is 0.832. The topological polar surface area (TPSA) is 69.7 Å². The van der Waals surface area contributed by atoms with Gasteiger partial charge < -0.3 is 4.90 Å². The van der Waals surface area contributed by atoms with Crippen LogP contribution in [0.4, 0.5) is 5.69 Å². The number of rotatable bonds is 8. The highest BCUT2D eigenvalue weighted by Gasteiger charge is 2.42. The molecule has 1 saturated carbocycles. The van der Waals surface area contributed by atoms with Gasteiger partial charge in [-0.05, 0) is 77.3 Å². The van der Waals surface area contributed by atoms with Gasteiger partial charge in [0, 0.05) is 31.4 Å². The lowest BCUT2D eigenvalue weighted by Crippen LogP contribution is -2.43. The summed E-state index contributed by atoms with van der Waals surface area (Å²) < 4.78 is 28.5. The maximum Gasteiger partial charge on any atom is 0.240 e. The number of carbonyl (C=O) groups excluding carboxylic acids is 1. The molecule has 168 valence electrons. The first-order chi connectivity index (χ1) is 14.1. The van der Waals surface area contributed by atoms with Gasteiger partial charge in [0.05, 0.1) is 10.3 Å². The Labute approximate surface area is 182 Å². The molecule has 0 aromatic heterocycles. The number of carbonyl (C=O) groups is 1. The summed E-state index contributed by atoms with van der Waals surface area (Å²) in [6.45, 7) is 9.45. The van der Waals surface area contributed by atoms with E-state index in [1.54, 1.807) is 30.1 Å². The third kappa shape index (κ3) is 4.58. The van der Waals surface area contributed by atoms with Crippen LogP contribution in [-0.4, -0.2) is 51.4 Å². The molecule has 30 heavy (non-hydrogen) atoms. The Balaban J connectivity index is 1.62. The summed E-state index contributed by atoms with van der Waals surface area (Å²) in [5, 5.41) is 0. The fraction of sp³-hybridized carbons (Fsp3) is 0.696. The lowest BCUT2D eigenvalue weighted by molar-refractivity contribution is -0.121. The van der Waals surface area contributed by atoms with Gasteiger partial charge in [0.2, 0.25) is 15.9 Å². The number of amides is 1. The minimum Gasteiger partial charge on any atom is -0.314 e. The SMILES string of the molecule is CC(C)N(CCCNS(=O)(=O)c1ccc2c(c1)C(C)(C)C(=O)N2C)C1CCCCC1. The molecule has 0 unspecified atom stereocenters. The third-order valence-corrected chi connectivity index (χ3v) is 8.20. The molecule has 1 fully saturated rings. The number of fused-ring (bicyclic) bond motifs is 1. The standard InChI is InChI=1S/C23H37N3O3S/c1-17(2)26(18-10-7-6-8-11-18)15-9-14-24-30(28,29)19-12-13-21-20(16-19)23(3,4)22(27)25(21)5/h12-13,16-18,24H,6-11,14-15H2,1-5H3. The first-order valence-corrected chi connectivity index (χ1v) is 12.7. The zero-order valence-electron chi connectivity index (χ0n) is 19.1. The van der Waals surface area contributed by atoms with Gasteiger partial charge in [-0.15, -0.1) is 0 Å². The van der Waals surface area contributed by atoms with Crippen molar-refractivity contribution in [2.75, 3.05) is 25.0 Å². The van der Waals surface area contributed by atoms with Crippen LogP contribution in [0.5, 0.6) is 0 Å². The zero-order valence-corrected chi connectivity index (χ0v) is 19.9. The van der Waals surface area contributed by atoms with Gasteiger partial charge >= 0.3 is 0 Å². The van der Waals surface area contributed by atoms with E-state index in [4.69, 9.17) is 0 Å². The minimum atomic E-state index is -3.61. The molecule has 0 saturated heterocycles. The van der Waals surface area contributed by atoms with Crippen molar-refractivity contribution in [2.24, 2.45) is 0 Å². The van der Waals surface area contributed by atoms with Crippen molar-refractivity contribution in [1.82, 2.24) is 9.62 Å². The lowest BCUT2D eigenvalue weighted by atomic mass is 9.86. The minimum absolute atomic E-state index is 0.0171. The lowest BCUT2D eigenvalue weighted by Gasteiger charge is -2.37. The normalized spacial score (nSPS) is 19.7. The van der Waals surface area contributed by atoms with Gasteiger partial charge in [0.1, 0.15) is 0 Å². The molecule has 7 heteroatoms. The number of anilines is 1. The molecule has 0 spiro atoms. The number of benzene rings is 1. The van der Waals surface area contributed by atoms with Crippen molar-refractivity contribution < 1.29 is 13.2 Å². The fourth-order valence-corrected chi connectivity index (χ4v) is 6.05. The van der Waals surface area contributed by atoms with E-state index >= 15 is 0 Å². The van der Waals surface area contributed by atoms with Crippen molar-refractivity contribution in [1.29, 1.82) is 0 Å². The summed E-state index contributed by atoms with van der Waals surface area (Å²) in [6, 6.07) is 6.08. The van der Waals surface area contributed by atoms with Crippen LogP contribution in [0.15, 0.2) is 23.1 Å². The van der Waals surface area contributed by atoms with E-state index in [1.807, 2.05) is 13.8 Å². The average Bonchev–Trinajstić information content (AvgIpc) is 2.88. The maximum atomic E-state index is 12.9. The molecule has 1 N–H and O–H groups in total. The Hall–Kier alpha value is -1.44. The van der Waals surface area contributed by atoms with E-state index in [9.17, 15) is 13.2 Å². The van der Waals surface area contributed by atoms with Crippen LogP contribution in [0.1, 0.15) is 71.8 Å². The molecule has 0 bridgehead atoms. The summed E-state index contributed by atoms with van der Waals surface area (Å²) in [5.74, 6) is -0.0171. The second-order valence-electron chi connectivity index (χ2n) is 9.54. The molecular weight excluding hydrogens is 398 g/mol. The third-order valence-electron chi connectivity index (χ3n) is 6.74. The van der Waals surface area contributed by atoms with E-state index < -0.39 is 15.4 Å². The van der Waals surface area contributed by atoms with Gasteiger partial charge in [-0.25, -0.2) is 13.1 Å². The number of hydrogen-bond donors (Lipinski definition) is 1. The Morgan fingerprint density at radius 1 is 1.20 bits per heavy atom. The molecule has 6 nitrogen and oxygen atoms in total. The van der Waals surface area contributed by atoms with Gasteiger partial charge in [-0.2, -0.15) is 0 Å². The molecule has 1 heterocycles. The van der Waals surface area contributed by atoms with Gasteiger partial charge in [-0.3, -0.25) is 9.69 Å². The summed E-state index contributed by atoms with van der Waals surface area (Å²) in [7, 11) is -1.88. The van der Waals surface area contributed by atoms with E-state index in [2.05, 4.69) is 23.5 Å². The van der Waals surface area contributed by atoms with Crippen LogP contribution in [0.2, 0.25) is 0 Å². The highest BCUT2D eigenvalue weighted by molar-refractivity contribution is 7.89. The Kier molecular flexibility index (Phi) is 6.94. The second-order valence-corrected chi connectivity index (χ2v) is 11.3. The summed E-state index contributed by atoms with van der Waals surface area (Å²) >= 11 is 0. The smallest absolute Gasteiger partial charge is 0.240 e. The first kappa shape index (κ1) is 23.2. The molecule has 1 aromatic rings. The molecule has 3 rings (SSSR count). The largest absolute Gasteiger partial charge is 0.314 e. The van der Waals surface area contributed by atoms with Gasteiger partial charge in [0.25, 0.3) is 0 Å². The molecule has 1 amide bonds. The van der Waals surface area contributed by atoms with Crippen molar-refractivity contribution in [3.05, 3.63) is 23.8 Å². The fourth-order valence-electron chi connectivity index (χ4n) is 4.95. The van der Waals surface area contributed by atoms with E-state index in [0.29, 0.717) is 18.6 Å². The Morgan fingerprint density at radius 2 is 1.87 bits per heavy atom. The quantitative estimate of drug-likeness (QED) is 0.633. The highest BCUT2D eigenvalue weighted by atomic mass is 32.2. The molecule has 1 aliphatic heterocycles. The van der Waals surface area contributed by atoms with Crippen molar-refractivity contribution in [2.45, 2.75) is 88.6 Å². The van der Waals surface area contributed by atoms with Gasteiger partial charge in [-0.1, -0.05) is 19.3 Å². The summed E-state index contributed by atoms with van der Waals surface area (Å²) in [4.78, 5) is 16.8. The predicted molar refractivity (Wildman–Crippen MR) is 121 cm³/mol. The maximum absolute atomic E-state index is 12.9. The average molecular weight is 436 g/mol. The molecule has 0 radical (unpaired) electrons. The number of sulfonamides is 1. The number of hydrogen-bond acceptors (Lipinski definition) is 4. The number of nitrogens with one attached hydrogen (secondary N) is 1. The van der Waals surface area contributed by atoms with Crippen LogP contribution in [0.3, 0.4) is 0 Å². The van der Waals surface area contributed by atoms with Crippen LogP contribution < -0.4 is 9.62 Å². The van der Waals surface area contributed by atoms with Crippen LogP contribution in [0.25, 0.3) is 0 Å². The second kappa shape index (κ2) is 8.97. The first-order valence-electron chi connectivity index (χ1n) is 11.2. The van der Waals surface area contributed by atoms with E-state index in [-0.39, 0.29) is 10.8 Å². The molecule has 1 aliphatic carbocycles. The monoisotopic (exact) mass is 435 g/mol. The number of nitrogens with zero attached hydrogens (tertiary/aromatic N) is 2. The van der Waals surface area contributed by atoms with Gasteiger partial charge in [0.15, 0.2) is 0 Å². The highest BCUT2D eigenvalue weighted by Crippen LogP contribution is 2.41. The summed E-state index contributed by atoms with van der Waals surface area (Å²) in [6.07, 6.45) is 7.22. The molecule has 1 aromatic carbocycles. The van der Waals surface area contributed by atoms with Crippen molar-refractivity contribution in [3.63, 3.8) is 0 Å². The Bertz CT molecular complexity index is 874. The van der Waals surface area contributed by atoms with Crippen LogP contribution in [0, 0.1) is 0 Å². The van der Waals surface area contributed by atoms with Crippen LogP contribution >= 0.6 is 0 Å². The Morgan fingerprint density at radius 3 is 2.50 bits per heavy atom. The van der Waals surface area contributed by atoms with Crippen LogP contribution in [-0.2, 0) is 20.2 Å². The van der Waals surface area contributed by atoms with E-state index in [1.165, 1.54) is 32.1 Å². The molecule has 0 atom stereocenters. The molecule has 2 aliphatic rings. The number of likely N-dealkylation sites (N-methyl/N-ethyl adjacent to an activating group) is 1. The zero-order chi connectivity index (χ0) is 22.1.